The third kappa shape index (κ3) is 6.19. The van der Waals surface area contributed by atoms with Crippen LogP contribution in [0.15, 0.2) is 78.9 Å². The summed E-state index contributed by atoms with van der Waals surface area (Å²) >= 11 is 0. The topological polar surface area (TPSA) is 41.5 Å². The van der Waals surface area contributed by atoms with E-state index in [1.807, 2.05) is 64.6 Å². The lowest BCUT2D eigenvalue weighted by molar-refractivity contribution is 0.415. The van der Waals surface area contributed by atoms with E-state index >= 15 is 0 Å². The molecule has 0 N–H and O–H groups in total. The zero-order chi connectivity index (χ0) is 25.5. The number of anilines is 2. The van der Waals surface area contributed by atoms with Crippen molar-refractivity contribution in [2.75, 3.05) is 45.1 Å². The lowest BCUT2D eigenvalue weighted by Gasteiger charge is -2.12. The largest absolute Gasteiger partial charge is 0.497 e. The molecule has 0 fully saturated rings. The van der Waals surface area contributed by atoms with Gasteiger partial charge in [0.25, 0.3) is 0 Å². The second kappa shape index (κ2) is 11.4. The molecule has 1 heterocycles. The first kappa shape index (κ1) is 24.7. The SMILES string of the molecule is COc1ccc(-c2cc(/C=C/c3ccc(N(C)C)cc3)nnc2/C=C/c2ccc(N(C)C)cc2)cc1. The Morgan fingerprint density at radius 1 is 0.611 bits per heavy atom. The molecule has 0 atom stereocenters. The van der Waals surface area contributed by atoms with Gasteiger partial charge in [0, 0.05) is 45.1 Å². The Kier molecular flexibility index (Phi) is 7.81. The second-order valence-corrected chi connectivity index (χ2v) is 8.94. The molecule has 0 unspecified atom stereocenters. The first-order chi connectivity index (χ1) is 17.4. The van der Waals surface area contributed by atoms with Gasteiger partial charge in [-0.2, -0.15) is 5.10 Å². The molecule has 0 bridgehead atoms. The number of hydrogen-bond donors (Lipinski definition) is 0. The van der Waals surface area contributed by atoms with Gasteiger partial charge in [0.15, 0.2) is 0 Å². The van der Waals surface area contributed by atoms with Crippen LogP contribution in [0, 0.1) is 0 Å². The van der Waals surface area contributed by atoms with Crippen LogP contribution in [-0.4, -0.2) is 45.5 Å². The summed E-state index contributed by atoms with van der Waals surface area (Å²) in [6.07, 6.45) is 8.14. The Morgan fingerprint density at radius 2 is 1.14 bits per heavy atom. The maximum atomic E-state index is 5.34. The van der Waals surface area contributed by atoms with Crippen molar-refractivity contribution in [1.82, 2.24) is 10.2 Å². The Labute approximate surface area is 214 Å². The summed E-state index contributed by atoms with van der Waals surface area (Å²) in [5.41, 5.74) is 8.22. The predicted molar refractivity (Wildman–Crippen MR) is 153 cm³/mol. The van der Waals surface area contributed by atoms with Crippen LogP contribution < -0.4 is 14.5 Å². The molecule has 0 aliphatic heterocycles. The summed E-state index contributed by atoms with van der Waals surface area (Å²) in [6.45, 7) is 0. The fraction of sp³-hybridized carbons (Fsp3) is 0.161. The van der Waals surface area contributed by atoms with Gasteiger partial charge in [0.2, 0.25) is 0 Å². The van der Waals surface area contributed by atoms with Gasteiger partial charge in [-0.25, -0.2) is 0 Å². The summed E-state index contributed by atoms with van der Waals surface area (Å²) in [6, 6.07) is 26.9. The highest BCUT2D eigenvalue weighted by Gasteiger charge is 2.08. The smallest absolute Gasteiger partial charge is 0.118 e. The summed E-state index contributed by atoms with van der Waals surface area (Å²) in [4.78, 5) is 4.17. The highest BCUT2D eigenvalue weighted by Crippen LogP contribution is 2.27. The number of nitrogens with zero attached hydrogens (tertiary/aromatic N) is 4. The van der Waals surface area contributed by atoms with Gasteiger partial charge < -0.3 is 14.5 Å². The quantitative estimate of drug-likeness (QED) is 0.286. The van der Waals surface area contributed by atoms with E-state index in [0.29, 0.717) is 0 Å². The summed E-state index contributed by atoms with van der Waals surface area (Å²) in [5.74, 6) is 0.820. The van der Waals surface area contributed by atoms with Crippen molar-refractivity contribution in [3.8, 4) is 16.9 Å². The fourth-order valence-corrected chi connectivity index (χ4v) is 3.75. The summed E-state index contributed by atoms with van der Waals surface area (Å²) in [5, 5.41) is 9.06. The molecule has 3 aromatic carbocycles. The van der Waals surface area contributed by atoms with E-state index < -0.39 is 0 Å². The second-order valence-electron chi connectivity index (χ2n) is 8.94. The number of benzene rings is 3. The molecule has 5 nitrogen and oxygen atoms in total. The molecule has 182 valence electrons. The Bertz CT molecular complexity index is 1340. The highest BCUT2D eigenvalue weighted by molar-refractivity contribution is 5.81. The third-order valence-corrected chi connectivity index (χ3v) is 5.94. The van der Waals surface area contributed by atoms with Crippen molar-refractivity contribution in [3.05, 3.63) is 101 Å². The van der Waals surface area contributed by atoms with E-state index in [-0.39, 0.29) is 0 Å². The number of rotatable bonds is 8. The van der Waals surface area contributed by atoms with E-state index in [1.54, 1.807) is 7.11 Å². The Balaban J connectivity index is 1.65. The van der Waals surface area contributed by atoms with Gasteiger partial charge in [0.1, 0.15) is 5.75 Å². The molecule has 0 amide bonds. The highest BCUT2D eigenvalue weighted by atomic mass is 16.5. The van der Waals surface area contributed by atoms with E-state index in [2.05, 4.69) is 86.7 Å². The van der Waals surface area contributed by atoms with Gasteiger partial charge in [-0.15, -0.1) is 5.10 Å². The lowest BCUT2D eigenvalue weighted by Crippen LogP contribution is -2.07. The van der Waals surface area contributed by atoms with Crippen LogP contribution in [0.4, 0.5) is 11.4 Å². The van der Waals surface area contributed by atoms with E-state index in [1.165, 1.54) is 11.4 Å². The molecule has 0 spiro atoms. The molecular weight excluding hydrogens is 444 g/mol. The first-order valence-corrected chi connectivity index (χ1v) is 11.9. The standard InChI is InChI=1S/C31H32N4O/c1-34(2)27-15-7-23(8-16-27)6-14-26-22-30(25-12-19-29(36-5)20-13-25)31(33-32-26)21-11-24-9-17-28(18-10-24)35(3)4/h6-22H,1-5H3/b14-6+,21-11+. The molecule has 0 radical (unpaired) electrons. The van der Waals surface area contributed by atoms with Crippen LogP contribution in [0.25, 0.3) is 35.4 Å². The van der Waals surface area contributed by atoms with Crippen LogP contribution in [0.2, 0.25) is 0 Å². The molecule has 1 aromatic heterocycles. The van der Waals surface area contributed by atoms with Crippen LogP contribution in [0.5, 0.6) is 5.75 Å². The first-order valence-electron chi connectivity index (χ1n) is 11.9. The number of methoxy groups -OCH3 is 1. The van der Waals surface area contributed by atoms with Gasteiger partial charge in [-0.3, -0.25) is 0 Å². The number of aromatic nitrogens is 2. The predicted octanol–water partition coefficient (Wildman–Crippen LogP) is 6.63. The average molecular weight is 477 g/mol. The van der Waals surface area contributed by atoms with Gasteiger partial charge in [-0.05, 0) is 71.3 Å². The van der Waals surface area contributed by atoms with Gasteiger partial charge in [0.05, 0.1) is 18.5 Å². The molecule has 4 aromatic rings. The van der Waals surface area contributed by atoms with Crippen molar-refractivity contribution >= 4 is 35.7 Å². The maximum Gasteiger partial charge on any atom is 0.118 e. The van der Waals surface area contributed by atoms with Gasteiger partial charge >= 0.3 is 0 Å². The molecule has 36 heavy (non-hydrogen) atoms. The van der Waals surface area contributed by atoms with Crippen molar-refractivity contribution in [2.45, 2.75) is 0 Å². The van der Waals surface area contributed by atoms with E-state index in [4.69, 9.17) is 4.74 Å². The molecule has 0 aliphatic carbocycles. The monoisotopic (exact) mass is 476 g/mol. The van der Waals surface area contributed by atoms with Crippen LogP contribution in [0.3, 0.4) is 0 Å². The average Bonchev–Trinajstić information content (AvgIpc) is 2.91. The Morgan fingerprint density at radius 3 is 1.64 bits per heavy atom. The maximum absolute atomic E-state index is 5.34. The van der Waals surface area contributed by atoms with Crippen LogP contribution in [0.1, 0.15) is 22.5 Å². The van der Waals surface area contributed by atoms with Crippen molar-refractivity contribution in [1.29, 1.82) is 0 Å². The number of hydrogen-bond acceptors (Lipinski definition) is 5. The Hall–Kier alpha value is -4.38. The zero-order valence-electron chi connectivity index (χ0n) is 21.5. The minimum atomic E-state index is 0.796. The minimum Gasteiger partial charge on any atom is -0.497 e. The van der Waals surface area contributed by atoms with E-state index in [0.717, 1.165) is 39.4 Å². The van der Waals surface area contributed by atoms with Crippen LogP contribution in [-0.2, 0) is 0 Å². The summed E-state index contributed by atoms with van der Waals surface area (Å²) < 4.78 is 5.34. The van der Waals surface area contributed by atoms with Crippen molar-refractivity contribution in [3.63, 3.8) is 0 Å². The summed E-state index contributed by atoms with van der Waals surface area (Å²) in [7, 11) is 9.82. The molecule has 5 heteroatoms. The van der Waals surface area contributed by atoms with E-state index in [9.17, 15) is 0 Å². The lowest BCUT2D eigenvalue weighted by atomic mass is 10.0. The molecule has 0 saturated heterocycles. The minimum absolute atomic E-state index is 0.796. The fourth-order valence-electron chi connectivity index (χ4n) is 3.75. The van der Waals surface area contributed by atoms with Gasteiger partial charge in [-0.1, -0.05) is 48.6 Å². The molecule has 4 rings (SSSR count). The molecule has 0 aliphatic rings. The molecular formula is C31H32N4O. The normalized spacial score (nSPS) is 11.2. The molecule has 0 saturated carbocycles. The van der Waals surface area contributed by atoms with Crippen molar-refractivity contribution in [2.24, 2.45) is 0 Å². The zero-order valence-corrected chi connectivity index (χ0v) is 21.5. The number of ether oxygens (including phenoxy) is 1. The third-order valence-electron chi connectivity index (χ3n) is 5.94. The van der Waals surface area contributed by atoms with Crippen LogP contribution >= 0.6 is 0 Å². The van der Waals surface area contributed by atoms with Crippen molar-refractivity contribution < 1.29 is 4.74 Å².